The van der Waals surface area contributed by atoms with E-state index >= 15 is 0 Å². The van der Waals surface area contributed by atoms with E-state index < -0.39 is 16.9 Å². The first-order chi connectivity index (χ1) is 10.0. The number of rotatable bonds is 4. The molecule has 0 aliphatic heterocycles. The lowest BCUT2D eigenvalue weighted by atomic mass is 9.92. The van der Waals surface area contributed by atoms with Gasteiger partial charge < -0.3 is 15.2 Å². The minimum atomic E-state index is -0.549. The first-order valence-corrected chi connectivity index (χ1v) is 6.84. The summed E-state index contributed by atoms with van der Waals surface area (Å²) >= 11 is 0. The van der Waals surface area contributed by atoms with E-state index in [2.05, 4.69) is 5.32 Å². The van der Waals surface area contributed by atoms with Gasteiger partial charge in [0.05, 0.1) is 35.8 Å². The molecule has 7 nitrogen and oxygen atoms in total. The summed E-state index contributed by atoms with van der Waals surface area (Å²) in [4.78, 5) is 22.4. The van der Waals surface area contributed by atoms with Crippen LogP contribution in [0.4, 0.5) is 5.69 Å². The number of aliphatic hydroxyl groups is 1. The van der Waals surface area contributed by atoms with Crippen molar-refractivity contribution in [3.05, 3.63) is 33.9 Å². The van der Waals surface area contributed by atoms with E-state index in [1.807, 2.05) is 0 Å². The largest absolute Gasteiger partial charge is 0.496 e. The average molecular weight is 294 g/mol. The fourth-order valence-electron chi connectivity index (χ4n) is 2.51. The smallest absolute Gasteiger partial charge is 0.273 e. The van der Waals surface area contributed by atoms with Crippen LogP contribution in [0.25, 0.3) is 0 Å². The van der Waals surface area contributed by atoms with E-state index in [9.17, 15) is 20.0 Å². The highest BCUT2D eigenvalue weighted by Crippen LogP contribution is 2.25. The molecule has 1 saturated carbocycles. The summed E-state index contributed by atoms with van der Waals surface area (Å²) in [5.74, 6) is -0.250. The second kappa shape index (κ2) is 6.53. The molecule has 2 N–H and O–H groups in total. The van der Waals surface area contributed by atoms with Gasteiger partial charge in [-0.2, -0.15) is 0 Å². The van der Waals surface area contributed by atoms with Gasteiger partial charge in [-0.3, -0.25) is 14.9 Å². The van der Waals surface area contributed by atoms with Gasteiger partial charge in [-0.05, 0) is 18.9 Å². The van der Waals surface area contributed by atoms with E-state index in [4.69, 9.17) is 4.74 Å². The van der Waals surface area contributed by atoms with Crippen molar-refractivity contribution in [2.45, 2.75) is 37.8 Å². The summed E-state index contributed by atoms with van der Waals surface area (Å²) in [6.07, 6.45) is 2.75. The Balaban J connectivity index is 2.16. The molecule has 114 valence electrons. The van der Waals surface area contributed by atoms with Crippen LogP contribution >= 0.6 is 0 Å². The lowest BCUT2D eigenvalue weighted by molar-refractivity contribution is -0.384. The first kappa shape index (κ1) is 15.2. The Labute approximate surface area is 122 Å². The lowest BCUT2D eigenvalue weighted by Gasteiger charge is -2.28. The number of hydrogen-bond acceptors (Lipinski definition) is 5. The lowest BCUT2D eigenvalue weighted by Crippen LogP contribution is -2.45. The maximum absolute atomic E-state index is 12.2. The third-order valence-electron chi connectivity index (χ3n) is 3.69. The number of methoxy groups -OCH3 is 1. The Morgan fingerprint density at radius 3 is 2.76 bits per heavy atom. The number of ether oxygens (including phenoxy) is 1. The van der Waals surface area contributed by atoms with Crippen molar-refractivity contribution in [2.75, 3.05) is 7.11 Å². The molecule has 0 spiro atoms. The Kier molecular flexibility index (Phi) is 4.74. The van der Waals surface area contributed by atoms with Crippen LogP contribution < -0.4 is 10.1 Å². The predicted octanol–water partition coefficient (Wildman–Crippen LogP) is 1.64. The molecule has 21 heavy (non-hydrogen) atoms. The number of amides is 1. The van der Waals surface area contributed by atoms with Gasteiger partial charge in [0, 0.05) is 6.07 Å². The van der Waals surface area contributed by atoms with Crippen molar-refractivity contribution in [1.82, 2.24) is 5.32 Å². The van der Waals surface area contributed by atoms with Crippen LogP contribution in [0.5, 0.6) is 5.75 Å². The second-order valence-corrected chi connectivity index (χ2v) is 5.07. The molecule has 0 saturated heterocycles. The Bertz CT molecular complexity index is 546. The summed E-state index contributed by atoms with van der Waals surface area (Å²) in [6.45, 7) is 0. The molecular formula is C14H18N2O5. The SMILES string of the molecule is COc1cc([N+](=O)[O-])ccc1C(=O)N[C@@H]1CCCC[C@H]1O. The topological polar surface area (TPSA) is 102 Å². The number of aliphatic hydroxyl groups excluding tert-OH is 1. The van der Waals surface area contributed by atoms with Crippen LogP contribution in [0.2, 0.25) is 0 Å². The number of hydrogen-bond donors (Lipinski definition) is 2. The average Bonchev–Trinajstić information content (AvgIpc) is 2.48. The normalized spacial score (nSPS) is 21.6. The van der Waals surface area contributed by atoms with Gasteiger partial charge in [-0.1, -0.05) is 12.8 Å². The number of non-ortho nitro benzene ring substituents is 1. The van der Waals surface area contributed by atoms with E-state index in [-0.39, 0.29) is 23.0 Å². The predicted molar refractivity (Wildman–Crippen MR) is 75.4 cm³/mol. The summed E-state index contributed by atoms with van der Waals surface area (Å²) < 4.78 is 5.05. The van der Waals surface area contributed by atoms with Crippen molar-refractivity contribution < 1.29 is 19.6 Å². The molecule has 0 unspecified atom stereocenters. The zero-order valence-corrected chi connectivity index (χ0v) is 11.7. The number of carbonyl (C=O) groups excluding carboxylic acids is 1. The van der Waals surface area contributed by atoms with Crippen molar-refractivity contribution in [3.8, 4) is 5.75 Å². The van der Waals surface area contributed by atoms with E-state index in [1.54, 1.807) is 0 Å². The molecule has 7 heteroatoms. The maximum Gasteiger partial charge on any atom is 0.273 e. The van der Waals surface area contributed by atoms with E-state index in [0.29, 0.717) is 6.42 Å². The molecule has 1 fully saturated rings. The van der Waals surface area contributed by atoms with Crippen LogP contribution in [0, 0.1) is 10.1 Å². The zero-order chi connectivity index (χ0) is 15.4. The Hall–Kier alpha value is -2.15. The van der Waals surface area contributed by atoms with Gasteiger partial charge in [-0.15, -0.1) is 0 Å². The third kappa shape index (κ3) is 3.49. The summed E-state index contributed by atoms with van der Waals surface area (Å²) in [7, 11) is 1.35. The molecule has 0 heterocycles. The van der Waals surface area contributed by atoms with Crippen molar-refractivity contribution >= 4 is 11.6 Å². The van der Waals surface area contributed by atoms with Gasteiger partial charge in [0.15, 0.2) is 0 Å². The van der Waals surface area contributed by atoms with Crippen LogP contribution in [0.15, 0.2) is 18.2 Å². The molecule has 2 atom stereocenters. The van der Waals surface area contributed by atoms with Gasteiger partial charge in [0.25, 0.3) is 11.6 Å². The summed E-state index contributed by atoms with van der Waals surface area (Å²) in [5.41, 5.74) is 0.0852. The number of carbonyl (C=O) groups is 1. The minimum absolute atomic E-state index is 0.138. The highest BCUT2D eigenvalue weighted by Gasteiger charge is 2.26. The highest BCUT2D eigenvalue weighted by molar-refractivity contribution is 5.97. The Morgan fingerprint density at radius 2 is 2.14 bits per heavy atom. The quantitative estimate of drug-likeness (QED) is 0.649. The zero-order valence-electron chi connectivity index (χ0n) is 11.7. The second-order valence-electron chi connectivity index (χ2n) is 5.07. The molecule has 0 radical (unpaired) electrons. The highest BCUT2D eigenvalue weighted by atomic mass is 16.6. The fourth-order valence-corrected chi connectivity index (χ4v) is 2.51. The van der Waals surface area contributed by atoms with Crippen molar-refractivity contribution in [2.24, 2.45) is 0 Å². The minimum Gasteiger partial charge on any atom is -0.496 e. The van der Waals surface area contributed by atoms with Crippen LogP contribution in [-0.2, 0) is 0 Å². The molecular weight excluding hydrogens is 276 g/mol. The van der Waals surface area contributed by atoms with Crippen molar-refractivity contribution in [1.29, 1.82) is 0 Å². The maximum atomic E-state index is 12.2. The van der Waals surface area contributed by atoms with Gasteiger partial charge >= 0.3 is 0 Å². The van der Waals surface area contributed by atoms with Gasteiger partial charge in [0.2, 0.25) is 0 Å². The number of nitrogens with zero attached hydrogens (tertiary/aromatic N) is 1. The monoisotopic (exact) mass is 294 g/mol. The number of nitrogens with one attached hydrogen (secondary N) is 1. The fraction of sp³-hybridized carbons (Fsp3) is 0.500. The van der Waals surface area contributed by atoms with Crippen molar-refractivity contribution in [3.63, 3.8) is 0 Å². The molecule has 2 rings (SSSR count). The third-order valence-corrected chi connectivity index (χ3v) is 3.69. The van der Waals surface area contributed by atoms with E-state index in [0.717, 1.165) is 19.3 Å². The molecule has 1 aliphatic carbocycles. The van der Waals surface area contributed by atoms with Crippen LogP contribution in [-0.4, -0.2) is 35.2 Å². The Morgan fingerprint density at radius 1 is 1.43 bits per heavy atom. The van der Waals surface area contributed by atoms with Crippen LogP contribution in [0.3, 0.4) is 0 Å². The number of nitro benzene ring substituents is 1. The molecule has 1 aromatic carbocycles. The standard InChI is InChI=1S/C14H18N2O5/c1-21-13-8-9(16(19)20)6-7-10(13)14(18)15-11-4-2-3-5-12(11)17/h6-8,11-12,17H,2-5H2,1H3,(H,15,18)/t11-,12-/m1/s1. The molecule has 1 aromatic rings. The molecule has 1 aliphatic rings. The summed E-state index contributed by atoms with van der Waals surface area (Å²) in [5, 5.41) is 23.4. The van der Waals surface area contributed by atoms with Crippen LogP contribution in [0.1, 0.15) is 36.0 Å². The molecule has 0 aromatic heterocycles. The molecule has 0 bridgehead atoms. The first-order valence-electron chi connectivity index (χ1n) is 6.84. The summed E-state index contributed by atoms with van der Waals surface area (Å²) in [6, 6.07) is 3.55. The number of nitro groups is 1. The van der Waals surface area contributed by atoms with Gasteiger partial charge in [0.1, 0.15) is 5.75 Å². The number of benzene rings is 1. The van der Waals surface area contributed by atoms with E-state index in [1.165, 1.54) is 25.3 Å². The van der Waals surface area contributed by atoms with Gasteiger partial charge in [-0.25, -0.2) is 0 Å². The molecule has 1 amide bonds.